The number of hydrogen-bond donors (Lipinski definition) is 2. The molecule has 1 fully saturated rings. The van der Waals surface area contributed by atoms with Gasteiger partial charge in [-0.3, -0.25) is 4.79 Å². The third kappa shape index (κ3) is 3.74. The molecule has 1 aliphatic carbocycles. The van der Waals surface area contributed by atoms with Gasteiger partial charge in [0.2, 0.25) is 0 Å². The minimum Gasteiger partial charge on any atom is -0.351 e. The van der Waals surface area contributed by atoms with Crippen molar-refractivity contribution in [3.63, 3.8) is 0 Å². The maximum atomic E-state index is 11.9. The molecule has 18 heavy (non-hydrogen) atoms. The summed E-state index contributed by atoms with van der Waals surface area (Å²) in [6.07, 6.45) is 3.57. The Hall–Kier alpha value is -1.01. The first-order valence-corrected chi connectivity index (χ1v) is 7.29. The van der Waals surface area contributed by atoms with Crippen LogP contribution >= 0.6 is 11.5 Å². The Labute approximate surface area is 112 Å². The fraction of sp³-hybridized carbons (Fsp3) is 0.750. The molecular weight excluding hydrogens is 248 g/mol. The summed E-state index contributed by atoms with van der Waals surface area (Å²) in [6.45, 7) is 5.72. The van der Waals surface area contributed by atoms with Crippen LogP contribution in [0.1, 0.15) is 54.4 Å². The highest BCUT2D eigenvalue weighted by atomic mass is 32.1. The molecule has 100 valence electrons. The van der Waals surface area contributed by atoms with Gasteiger partial charge in [-0.05, 0) is 43.3 Å². The second-order valence-electron chi connectivity index (χ2n) is 4.98. The SMILES string of the molecule is CC(C)c1nnsc1C(=O)NCCCNC1CC1. The number of amides is 1. The van der Waals surface area contributed by atoms with E-state index in [9.17, 15) is 4.79 Å². The highest BCUT2D eigenvalue weighted by molar-refractivity contribution is 7.08. The summed E-state index contributed by atoms with van der Waals surface area (Å²) in [7, 11) is 0. The maximum absolute atomic E-state index is 11.9. The van der Waals surface area contributed by atoms with Crippen LogP contribution in [0.4, 0.5) is 0 Å². The summed E-state index contributed by atoms with van der Waals surface area (Å²) < 4.78 is 3.86. The van der Waals surface area contributed by atoms with Gasteiger partial charge in [0, 0.05) is 12.6 Å². The van der Waals surface area contributed by atoms with Crippen molar-refractivity contribution in [3.8, 4) is 0 Å². The molecule has 1 aromatic rings. The van der Waals surface area contributed by atoms with Crippen molar-refractivity contribution in [2.45, 2.75) is 45.1 Å². The molecule has 1 amide bonds. The van der Waals surface area contributed by atoms with Crippen LogP contribution in [-0.2, 0) is 0 Å². The maximum Gasteiger partial charge on any atom is 0.264 e. The molecule has 2 N–H and O–H groups in total. The summed E-state index contributed by atoms with van der Waals surface area (Å²) in [4.78, 5) is 12.6. The van der Waals surface area contributed by atoms with E-state index in [-0.39, 0.29) is 11.8 Å². The lowest BCUT2D eigenvalue weighted by Crippen LogP contribution is -2.28. The van der Waals surface area contributed by atoms with Crippen LogP contribution in [0.25, 0.3) is 0 Å². The molecule has 1 aromatic heterocycles. The molecule has 0 spiro atoms. The first-order valence-electron chi connectivity index (χ1n) is 6.52. The average Bonchev–Trinajstić information content (AvgIpc) is 3.02. The molecule has 1 saturated carbocycles. The molecule has 0 atom stereocenters. The van der Waals surface area contributed by atoms with Crippen LogP contribution in [0.3, 0.4) is 0 Å². The number of nitrogens with one attached hydrogen (secondary N) is 2. The van der Waals surface area contributed by atoms with E-state index in [0.29, 0.717) is 11.4 Å². The minimum atomic E-state index is -0.0416. The van der Waals surface area contributed by atoms with Crippen LogP contribution in [0.5, 0.6) is 0 Å². The second-order valence-corrected chi connectivity index (χ2v) is 5.73. The fourth-order valence-electron chi connectivity index (χ4n) is 1.70. The summed E-state index contributed by atoms with van der Waals surface area (Å²) in [6, 6.07) is 0.735. The van der Waals surface area contributed by atoms with E-state index in [2.05, 4.69) is 20.2 Å². The van der Waals surface area contributed by atoms with Gasteiger partial charge in [0.15, 0.2) is 0 Å². The van der Waals surface area contributed by atoms with Gasteiger partial charge in [0.25, 0.3) is 5.91 Å². The van der Waals surface area contributed by atoms with E-state index in [4.69, 9.17) is 0 Å². The van der Waals surface area contributed by atoms with Gasteiger partial charge in [0.1, 0.15) is 4.88 Å². The molecule has 0 unspecified atom stereocenters. The molecule has 0 aliphatic heterocycles. The lowest BCUT2D eigenvalue weighted by atomic mass is 10.1. The van der Waals surface area contributed by atoms with Crippen molar-refractivity contribution < 1.29 is 4.79 Å². The first-order chi connectivity index (χ1) is 8.68. The molecule has 0 saturated heterocycles. The Kier molecular flexibility index (Phi) is 4.66. The number of rotatable bonds is 7. The standard InChI is InChI=1S/C12H20N4OS/c1-8(2)10-11(18-16-15-10)12(17)14-7-3-6-13-9-4-5-9/h8-9,13H,3-7H2,1-2H3,(H,14,17). The molecule has 1 aliphatic rings. The number of carbonyl (C=O) groups excluding carboxylic acids is 1. The zero-order valence-electron chi connectivity index (χ0n) is 10.9. The summed E-state index contributed by atoms with van der Waals surface area (Å²) in [5, 5.41) is 10.4. The summed E-state index contributed by atoms with van der Waals surface area (Å²) in [5.74, 6) is 0.196. The molecule has 6 heteroatoms. The molecular formula is C12H20N4OS. The normalized spacial score (nSPS) is 15.1. The van der Waals surface area contributed by atoms with E-state index in [0.717, 1.165) is 24.7 Å². The monoisotopic (exact) mass is 268 g/mol. The number of aromatic nitrogens is 2. The molecule has 0 aromatic carbocycles. The Morgan fingerprint density at radius 1 is 1.44 bits per heavy atom. The molecule has 1 heterocycles. The smallest absolute Gasteiger partial charge is 0.264 e. The molecule has 2 rings (SSSR count). The molecule has 0 radical (unpaired) electrons. The van der Waals surface area contributed by atoms with E-state index >= 15 is 0 Å². The van der Waals surface area contributed by atoms with Crippen LogP contribution in [-0.4, -0.2) is 34.6 Å². The van der Waals surface area contributed by atoms with Crippen LogP contribution in [0.2, 0.25) is 0 Å². The van der Waals surface area contributed by atoms with E-state index in [1.165, 1.54) is 24.4 Å². The highest BCUT2D eigenvalue weighted by Crippen LogP contribution is 2.19. The van der Waals surface area contributed by atoms with Gasteiger partial charge in [-0.25, -0.2) is 0 Å². The zero-order chi connectivity index (χ0) is 13.0. The first kappa shape index (κ1) is 13.4. The van der Waals surface area contributed by atoms with Crippen molar-refractivity contribution in [1.29, 1.82) is 0 Å². The van der Waals surface area contributed by atoms with Crippen molar-refractivity contribution in [1.82, 2.24) is 20.2 Å². The lowest BCUT2D eigenvalue weighted by Gasteiger charge is -2.06. The third-order valence-corrected chi connectivity index (χ3v) is 3.66. The topological polar surface area (TPSA) is 66.9 Å². The second kappa shape index (κ2) is 6.24. The van der Waals surface area contributed by atoms with Crippen LogP contribution < -0.4 is 10.6 Å². The zero-order valence-corrected chi connectivity index (χ0v) is 11.7. The van der Waals surface area contributed by atoms with Crippen molar-refractivity contribution in [3.05, 3.63) is 10.6 Å². The molecule has 0 bridgehead atoms. The van der Waals surface area contributed by atoms with Crippen molar-refractivity contribution >= 4 is 17.4 Å². The van der Waals surface area contributed by atoms with Crippen molar-refractivity contribution in [2.24, 2.45) is 0 Å². The number of nitrogens with zero attached hydrogens (tertiary/aromatic N) is 2. The van der Waals surface area contributed by atoms with Crippen molar-refractivity contribution in [2.75, 3.05) is 13.1 Å². The van der Waals surface area contributed by atoms with E-state index in [1.54, 1.807) is 0 Å². The van der Waals surface area contributed by atoms with Gasteiger partial charge < -0.3 is 10.6 Å². The predicted molar refractivity (Wildman–Crippen MR) is 72.0 cm³/mol. The van der Waals surface area contributed by atoms with Gasteiger partial charge >= 0.3 is 0 Å². The lowest BCUT2D eigenvalue weighted by molar-refractivity contribution is 0.0956. The van der Waals surface area contributed by atoms with E-state index < -0.39 is 0 Å². The van der Waals surface area contributed by atoms with Gasteiger partial charge in [-0.2, -0.15) is 0 Å². The van der Waals surface area contributed by atoms with Crippen LogP contribution in [0.15, 0.2) is 0 Å². The Balaban J connectivity index is 1.71. The summed E-state index contributed by atoms with van der Waals surface area (Å²) >= 11 is 1.18. The average molecular weight is 268 g/mol. The quantitative estimate of drug-likeness (QED) is 0.736. The predicted octanol–water partition coefficient (Wildman–Crippen LogP) is 1.53. The third-order valence-electron chi connectivity index (χ3n) is 2.92. The van der Waals surface area contributed by atoms with E-state index in [1.807, 2.05) is 13.8 Å². The number of hydrogen-bond acceptors (Lipinski definition) is 5. The Morgan fingerprint density at radius 2 is 2.22 bits per heavy atom. The minimum absolute atomic E-state index is 0.0416. The summed E-state index contributed by atoms with van der Waals surface area (Å²) in [5.41, 5.74) is 0.800. The largest absolute Gasteiger partial charge is 0.351 e. The highest BCUT2D eigenvalue weighted by Gasteiger charge is 2.20. The number of carbonyl (C=O) groups is 1. The van der Waals surface area contributed by atoms with Crippen LogP contribution in [0, 0.1) is 0 Å². The van der Waals surface area contributed by atoms with Gasteiger partial charge in [-0.15, -0.1) is 5.10 Å². The Morgan fingerprint density at radius 3 is 2.89 bits per heavy atom. The molecule has 5 nitrogen and oxygen atoms in total. The van der Waals surface area contributed by atoms with Gasteiger partial charge in [0.05, 0.1) is 5.69 Å². The van der Waals surface area contributed by atoms with Gasteiger partial charge in [-0.1, -0.05) is 18.3 Å². The fourth-order valence-corrected chi connectivity index (χ4v) is 2.43. The Bertz CT molecular complexity index is 401.